The van der Waals surface area contributed by atoms with E-state index in [2.05, 4.69) is 10.6 Å². The summed E-state index contributed by atoms with van der Waals surface area (Å²) in [6, 6.07) is 2.74. The molecule has 0 radical (unpaired) electrons. The molecule has 1 atom stereocenters. The predicted molar refractivity (Wildman–Crippen MR) is 72.3 cm³/mol. The van der Waals surface area contributed by atoms with Crippen LogP contribution in [-0.2, 0) is 4.79 Å². The Labute approximate surface area is 120 Å². The number of urea groups is 1. The van der Waals surface area contributed by atoms with Gasteiger partial charge in [-0.15, -0.1) is 0 Å². The Hall–Kier alpha value is -1.82. The molecule has 3 N–H and O–H groups in total. The van der Waals surface area contributed by atoms with E-state index >= 15 is 0 Å². The van der Waals surface area contributed by atoms with Crippen molar-refractivity contribution in [3.8, 4) is 0 Å². The van der Waals surface area contributed by atoms with Crippen LogP contribution < -0.4 is 10.6 Å². The van der Waals surface area contributed by atoms with Crippen LogP contribution in [0, 0.1) is 11.7 Å². The van der Waals surface area contributed by atoms with E-state index in [1.54, 1.807) is 0 Å². The lowest BCUT2D eigenvalue weighted by Gasteiger charge is -2.17. The summed E-state index contributed by atoms with van der Waals surface area (Å²) in [5.74, 6) is -1.40. The van der Waals surface area contributed by atoms with E-state index in [0.717, 1.165) is 18.9 Å². The van der Waals surface area contributed by atoms with Crippen molar-refractivity contribution in [1.82, 2.24) is 5.32 Å². The molecule has 5 nitrogen and oxygen atoms in total. The van der Waals surface area contributed by atoms with Gasteiger partial charge in [-0.1, -0.05) is 11.6 Å². The van der Waals surface area contributed by atoms with Crippen LogP contribution in [0.4, 0.5) is 14.9 Å². The molecule has 1 aliphatic carbocycles. The molecule has 1 unspecified atom stereocenters. The van der Waals surface area contributed by atoms with Gasteiger partial charge in [-0.25, -0.2) is 9.18 Å². The average molecular weight is 301 g/mol. The maximum absolute atomic E-state index is 13.5. The third-order valence-corrected chi connectivity index (χ3v) is 3.31. The summed E-state index contributed by atoms with van der Waals surface area (Å²) in [5, 5.41) is 14.0. The lowest BCUT2D eigenvalue weighted by molar-refractivity contribution is -0.137. The molecule has 1 aromatic carbocycles. The van der Waals surface area contributed by atoms with Crippen molar-refractivity contribution >= 4 is 29.3 Å². The zero-order valence-corrected chi connectivity index (χ0v) is 11.3. The predicted octanol–water partition coefficient (Wildman–Crippen LogP) is 2.85. The van der Waals surface area contributed by atoms with Gasteiger partial charge in [0.15, 0.2) is 0 Å². The zero-order chi connectivity index (χ0) is 14.7. The van der Waals surface area contributed by atoms with Crippen molar-refractivity contribution in [2.45, 2.75) is 25.3 Å². The number of carbonyl (C=O) groups is 2. The Kier molecular flexibility index (Phi) is 4.44. The first kappa shape index (κ1) is 14.6. The molecular formula is C13H14ClFN2O3. The fourth-order valence-corrected chi connectivity index (χ4v) is 2.11. The summed E-state index contributed by atoms with van der Waals surface area (Å²) in [5.41, 5.74) is -0.0418. The van der Waals surface area contributed by atoms with Gasteiger partial charge < -0.3 is 15.7 Å². The van der Waals surface area contributed by atoms with Crippen LogP contribution >= 0.6 is 11.6 Å². The van der Waals surface area contributed by atoms with E-state index in [1.165, 1.54) is 12.1 Å². The van der Waals surface area contributed by atoms with E-state index in [4.69, 9.17) is 16.7 Å². The van der Waals surface area contributed by atoms with Crippen molar-refractivity contribution in [2.24, 2.45) is 5.92 Å². The van der Waals surface area contributed by atoms with Gasteiger partial charge in [0.1, 0.15) is 5.82 Å². The Morgan fingerprint density at radius 2 is 2.15 bits per heavy atom. The molecule has 0 bridgehead atoms. The number of benzene rings is 1. The Morgan fingerprint density at radius 3 is 2.75 bits per heavy atom. The van der Waals surface area contributed by atoms with E-state index in [1.807, 2.05) is 0 Å². The Bertz CT molecular complexity index is 534. The zero-order valence-electron chi connectivity index (χ0n) is 10.5. The topological polar surface area (TPSA) is 78.4 Å². The highest BCUT2D eigenvalue weighted by Gasteiger charge is 2.33. The van der Waals surface area contributed by atoms with Crippen LogP contribution in [0.25, 0.3) is 0 Å². The maximum Gasteiger partial charge on any atom is 0.319 e. The highest BCUT2D eigenvalue weighted by Crippen LogP contribution is 2.34. The minimum Gasteiger partial charge on any atom is -0.481 e. The molecule has 1 aromatic rings. The van der Waals surface area contributed by atoms with Crippen molar-refractivity contribution in [3.05, 3.63) is 29.0 Å². The first-order valence-electron chi connectivity index (χ1n) is 6.20. The van der Waals surface area contributed by atoms with Gasteiger partial charge >= 0.3 is 12.0 Å². The summed E-state index contributed by atoms with van der Waals surface area (Å²) in [7, 11) is 0. The van der Waals surface area contributed by atoms with E-state index in [-0.39, 0.29) is 18.0 Å². The van der Waals surface area contributed by atoms with Crippen molar-refractivity contribution in [3.63, 3.8) is 0 Å². The summed E-state index contributed by atoms with van der Waals surface area (Å²) in [6.07, 6.45) is 1.64. The highest BCUT2D eigenvalue weighted by molar-refractivity contribution is 6.30. The van der Waals surface area contributed by atoms with Gasteiger partial charge in [0.25, 0.3) is 0 Å². The van der Waals surface area contributed by atoms with E-state index in [0.29, 0.717) is 5.02 Å². The van der Waals surface area contributed by atoms with Gasteiger partial charge in [0.05, 0.1) is 12.1 Å². The first-order chi connectivity index (χ1) is 9.45. The number of carboxylic acid groups (broad SMARTS) is 1. The second-order valence-electron chi connectivity index (χ2n) is 4.76. The number of amides is 2. The summed E-state index contributed by atoms with van der Waals surface area (Å²) in [4.78, 5) is 22.5. The molecule has 0 aromatic heterocycles. The second kappa shape index (κ2) is 6.09. The molecule has 2 amide bonds. The van der Waals surface area contributed by atoms with Gasteiger partial charge in [0, 0.05) is 11.1 Å². The largest absolute Gasteiger partial charge is 0.481 e. The van der Waals surface area contributed by atoms with Gasteiger partial charge in [-0.2, -0.15) is 0 Å². The average Bonchev–Trinajstić information content (AvgIpc) is 3.16. The molecule has 2 rings (SSSR count). The minimum absolute atomic E-state index is 0.0418. The van der Waals surface area contributed by atoms with E-state index < -0.39 is 23.9 Å². The molecule has 0 heterocycles. The normalized spacial score (nSPS) is 15.5. The second-order valence-corrected chi connectivity index (χ2v) is 5.20. The number of hydrogen-bond donors (Lipinski definition) is 3. The number of halogens is 2. The third-order valence-electron chi connectivity index (χ3n) is 3.08. The standard InChI is InChI=1S/C13H14ClFN2O3/c14-8-3-4-9(15)11(5-8)17-13(20)16-10(6-12(18)19)7-1-2-7/h3-5,7,10H,1-2,6H2,(H,18,19)(H2,16,17,20). The summed E-state index contributed by atoms with van der Waals surface area (Å²) < 4.78 is 13.5. The number of carbonyl (C=O) groups excluding carboxylic acids is 1. The molecule has 108 valence electrons. The number of nitrogens with one attached hydrogen (secondary N) is 2. The third kappa shape index (κ3) is 4.09. The number of anilines is 1. The fraction of sp³-hybridized carbons (Fsp3) is 0.385. The van der Waals surface area contributed by atoms with Crippen molar-refractivity contribution in [1.29, 1.82) is 0 Å². The quantitative estimate of drug-likeness (QED) is 0.782. The maximum atomic E-state index is 13.5. The lowest BCUT2D eigenvalue weighted by atomic mass is 10.1. The van der Waals surface area contributed by atoms with Crippen LogP contribution in [0.1, 0.15) is 19.3 Å². The smallest absolute Gasteiger partial charge is 0.319 e. The van der Waals surface area contributed by atoms with Gasteiger partial charge in [-0.3, -0.25) is 4.79 Å². The number of rotatable bonds is 5. The Morgan fingerprint density at radius 1 is 1.45 bits per heavy atom. The van der Waals surface area contributed by atoms with Gasteiger partial charge in [-0.05, 0) is 37.0 Å². The molecule has 1 saturated carbocycles. The van der Waals surface area contributed by atoms with Crippen LogP contribution in [0.3, 0.4) is 0 Å². The SMILES string of the molecule is O=C(O)CC(NC(=O)Nc1cc(Cl)ccc1F)C1CC1. The first-order valence-corrected chi connectivity index (χ1v) is 6.58. The summed E-state index contributed by atoms with van der Waals surface area (Å²) >= 11 is 5.72. The number of hydrogen-bond acceptors (Lipinski definition) is 2. The molecule has 7 heteroatoms. The molecule has 0 aliphatic heterocycles. The van der Waals surface area contributed by atoms with E-state index in [9.17, 15) is 14.0 Å². The monoisotopic (exact) mass is 300 g/mol. The van der Waals surface area contributed by atoms with Gasteiger partial charge in [0.2, 0.25) is 0 Å². The minimum atomic E-state index is -0.976. The van der Waals surface area contributed by atoms with Crippen molar-refractivity contribution < 1.29 is 19.1 Å². The molecule has 1 aliphatic rings. The number of aliphatic carboxylic acids is 1. The van der Waals surface area contributed by atoms with Crippen LogP contribution in [0.15, 0.2) is 18.2 Å². The highest BCUT2D eigenvalue weighted by atomic mass is 35.5. The van der Waals surface area contributed by atoms with Crippen LogP contribution in [0.2, 0.25) is 5.02 Å². The lowest BCUT2D eigenvalue weighted by Crippen LogP contribution is -2.40. The molecule has 0 spiro atoms. The fourth-order valence-electron chi connectivity index (χ4n) is 1.94. The van der Waals surface area contributed by atoms with Crippen LogP contribution in [-0.4, -0.2) is 23.1 Å². The molecule has 0 saturated heterocycles. The number of carboxylic acids is 1. The molecule has 1 fully saturated rings. The van der Waals surface area contributed by atoms with Crippen molar-refractivity contribution in [2.75, 3.05) is 5.32 Å². The van der Waals surface area contributed by atoms with Crippen LogP contribution in [0.5, 0.6) is 0 Å². The molecular weight excluding hydrogens is 287 g/mol. The summed E-state index contributed by atoms with van der Waals surface area (Å²) in [6.45, 7) is 0. The Balaban J connectivity index is 1.96. The molecule has 20 heavy (non-hydrogen) atoms.